The van der Waals surface area contributed by atoms with E-state index in [1.807, 2.05) is 6.08 Å². The second-order valence-electron chi connectivity index (χ2n) is 7.01. The molecule has 0 aliphatic carbocycles. The van der Waals surface area contributed by atoms with E-state index in [4.69, 9.17) is 11.6 Å². The van der Waals surface area contributed by atoms with Crippen molar-refractivity contribution in [3.8, 4) is 5.69 Å². The van der Waals surface area contributed by atoms with E-state index in [-0.39, 0.29) is 0 Å². The van der Waals surface area contributed by atoms with Gasteiger partial charge in [0, 0.05) is 17.7 Å². The molecule has 0 spiro atoms. The molecule has 0 saturated heterocycles. The van der Waals surface area contributed by atoms with Crippen LogP contribution in [0.15, 0.2) is 77.4 Å². The molecule has 0 aliphatic heterocycles. The minimum Gasteiger partial charge on any atom is -0.273 e. The summed E-state index contributed by atoms with van der Waals surface area (Å²) in [6.45, 7) is 4.25. The van der Waals surface area contributed by atoms with Crippen LogP contribution in [0.3, 0.4) is 0 Å². The first kappa shape index (κ1) is 19.7. The Labute approximate surface area is 180 Å². The number of benzene rings is 3. The lowest BCUT2D eigenvalue weighted by Crippen LogP contribution is -2.06. The summed E-state index contributed by atoms with van der Waals surface area (Å²) in [5, 5.41) is 12.4. The maximum absolute atomic E-state index is 5.70. The highest BCUT2D eigenvalue weighted by Gasteiger charge is 2.17. The number of halogens is 1. The van der Waals surface area contributed by atoms with Gasteiger partial charge < -0.3 is 0 Å². The van der Waals surface area contributed by atoms with Crippen LogP contribution in [-0.2, 0) is 6.42 Å². The SMILES string of the molecule is Cc1ccc(-n2c(Cc3cccc4ccccc34)nnc2SCC=CCl)c(C)c1. The number of hydrogen-bond acceptors (Lipinski definition) is 3. The van der Waals surface area contributed by atoms with E-state index in [9.17, 15) is 0 Å². The zero-order valence-corrected chi connectivity index (χ0v) is 18.0. The summed E-state index contributed by atoms with van der Waals surface area (Å²) in [7, 11) is 0. The molecule has 0 aliphatic rings. The Kier molecular flexibility index (Phi) is 6.02. The highest BCUT2D eigenvalue weighted by molar-refractivity contribution is 7.99. The van der Waals surface area contributed by atoms with Crippen LogP contribution in [0.5, 0.6) is 0 Å². The van der Waals surface area contributed by atoms with Crippen molar-refractivity contribution in [2.24, 2.45) is 0 Å². The molecule has 0 fully saturated rings. The molecule has 29 heavy (non-hydrogen) atoms. The number of hydrogen-bond donors (Lipinski definition) is 0. The molecule has 0 radical (unpaired) electrons. The normalized spacial score (nSPS) is 11.6. The van der Waals surface area contributed by atoms with Crippen molar-refractivity contribution < 1.29 is 0 Å². The Morgan fingerprint density at radius 3 is 2.66 bits per heavy atom. The molecule has 0 unspecified atom stereocenters. The average molecular weight is 420 g/mol. The minimum atomic E-state index is 0.716. The summed E-state index contributed by atoms with van der Waals surface area (Å²) in [6.07, 6.45) is 2.63. The van der Waals surface area contributed by atoms with Crippen LogP contribution in [0.1, 0.15) is 22.5 Å². The molecule has 0 atom stereocenters. The van der Waals surface area contributed by atoms with Crippen molar-refractivity contribution in [2.75, 3.05) is 5.75 Å². The highest BCUT2D eigenvalue weighted by atomic mass is 35.5. The lowest BCUT2D eigenvalue weighted by atomic mass is 10.0. The van der Waals surface area contributed by atoms with Crippen LogP contribution in [0.4, 0.5) is 0 Å². The van der Waals surface area contributed by atoms with Gasteiger partial charge in [-0.05, 0) is 41.8 Å². The van der Waals surface area contributed by atoms with Crippen molar-refractivity contribution in [1.29, 1.82) is 0 Å². The first-order valence-electron chi connectivity index (χ1n) is 9.54. The number of rotatable bonds is 6. The molecule has 0 bridgehead atoms. The quantitative estimate of drug-likeness (QED) is 0.335. The lowest BCUT2D eigenvalue weighted by molar-refractivity contribution is 0.843. The first-order valence-corrected chi connectivity index (χ1v) is 11.0. The standard InChI is InChI=1S/C24H22ClN3S/c1-17-11-12-22(18(2)15-17)28-23(26-27-24(28)29-14-6-13-25)16-20-9-5-8-19-7-3-4-10-21(19)20/h3-13,15H,14,16H2,1-2H3. The molecule has 5 heteroatoms. The molecule has 4 aromatic rings. The summed E-state index contributed by atoms with van der Waals surface area (Å²) in [5.41, 5.74) is 6.36. The third kappa shape index (κ3) is 4.24. The molecule has 0 N–H and O–H groups in total. The summed E-state index contributed by atoms with van der Waals surface area (Å²) >= 11 is 7.33. The van der Waals surface area contributed by atoms with Crippen LogP contribution >= 0.6 is 23.4 Å². The molecule has 1 heterocycles. The van der Waals surface area contributed by atoms with Gasteiger partial charge in [0.05, 0.1) is 5.69 Å². The summed E-state index contributed by atoms with van der Waals surface area (Å²) in [6, 6.07) is 21.4. The fraction of sp³-hybridized carbons (Fsp3) is 0.167. The van der Waals surface area contributed by atoms with Gasteiger partial charge in [-0.3, -0.25) is 4.57 Å². The predicted molar refractivity (Wildman–Crippen MR) is 123 cm³/mol. The fourth-order valence-corrected chi connectivity index (χ4v) is 4.55. The zero-order valence-electron chi connectivity index (χ0n) is 16.5. The van der Waals surface area contributed by atoms with E-state index in [0.29, 0.717) is 6.42 Å². The largest absolute Gasteiger partial charge is 0.273 e. The maximum Gasteiger partial charge on any atom is 0.196 e. The smallest absolute Gasteiger partial charge is 0.196 e. The van der Waals surface area contributed by atoms with E-state index in [1.165, 1.54) is 27.5 Å². The molecule has 146 valence electrons. The monoisotopic (exact) mass is 419 g/mol. The second-order valence-corrected chi connectivity index (χ2v) is 8.25. The Morgan fingerprint density at radius 2 is 1.83 bits per heavy atom. The third-order valence-electron chi connectivity index (χ3n) is 4.92. The Hall–Kier alpha value is -2.56. The van der Waals surface area contributed by atoms with E-state index in [1.54, 1.807) is 17.3 Å². The summed E-state index contributed by atoms with van der Waals surface area (Å²) in [4.78, 5) is 0. The molecule has 0 saturated carbocycles. The van der Waals surface area contributed by atoms with E-state index in [0.717, 1.165) is 22.4 Å². The van der Waals surface area contributed by atoms with E-state index in [2.05, 4.69) is 89.3 Å². The van der Waals surface area contributed by atoms with Gasteiger partial charge in [-0.15, -0.1) is 10.2 Å². The zero-order chi connectivity index (χ0) is 20.2. The van der Waals surface area contributed by atoms with Gasteiger partial charge in [0.25, 0.3) is 0 Å². The molecule has 4 rings (SSSR count). The average Bonchev–Trinajstić information content (AvgIpc) is 3.11. The van der Waals surface area contributed by atoms with Crippen LogP contribution < -0.4 is 0 Å². The van der Waals surface area contributed by atoms with Gasteiger partial charge in [0.15, 0.2) is 5.16 Å². The van der Waals surface area contributed by atoms with Crippen molar-refractivity contribution >= 4 is 34.1 Å². The van der Waals surface area contributed by atoms with Crippen molar-refractivity contribution in [3.63, 3.8) is 0 Å². The molecule has 3 nitrogen and oxygen atoms in total. The molecule has 3 aromatic carbocycles. The Morgan fingerprint density at radius 1 is 1.00 bits per heavy atom. The van der Waals surface area contributed by atoms with E-state index < -0.39 is 0 Å². The number of aromatic nitrogens is 3. The molecule has 1 aromatic heterocycles. The first-order chi connectivity index (χ1) is 14.2. The summed E-state index contributed by atoms with van der Waals surface area (Å²) in [5.74, 6) is 1.69. The van der Waals surface area contributed by atoms with Gasteiger partial charge in [0.1, 0.15) is 5.82 Å². The topological polar surface area (TPSA) is 30.7 Å². The van der Waals surface area contributed by atoms with Crippen molar-refractivity contribution in [3.05, 3.63) is 94.8 Å². The summed E-state index contributed by atoms with van der Waals surface area (Å²) < 4.78 is 2.18. The molecule has 0 amide bonds. The van der Waals surface area contributed by atoms with E-state index >= 15 is 0 Å². The van der Waals surface area contributed by atoms with Crippen LogP contribution in [0, 0.1) is 13.8 Å². The number of nitrogens with zero attached hydrogens (tertiary/aromatic N) is 3. The minimum absolute atomic E-state index is 0.716. The molecular formula is C24H22ClN3S. The van der Waals surface area contributed by atoms with Gasteiger partial charge in [-0.1, -0.05) is 89.6 Å². The maximum atomic E-state index is 5.70. The molecular weight excluding hydrogens is 398 g/mol. The Balaban J connectivity index is 1.80. The Bertz CT molecular complexity index is 1170. The van der Waals surface area contributed by atoms with Crippen LogP contribution in [-0.4, -0.2) is 20.5 Å². The van der Waals surface area contributed by atoms with Crippen molar-refractivity contribution in [2.45, 2.75) is 25.4 Å². The van der Waals surface area contributed by atoms with Gasteiger partial charge in [-0.25, -0.2) is 0 Å². The van der Waals surface area contributed by atoms with Gasteiger partial charge in [0.2, 0.25) is 0 Å². The van der Waals surface area contributed by atoms with Gasteiger partial charge >= 0.3 is 0 Å². The van der Waals surface area contributed by atoms with Crippen LogP contribution in [0.25, 0.3) is 16.5 Å². The predicted octanol–water partition coefficient (Wildman–Crippen LogP) is 6.47. The highest BCUT2D eigenvalue weighted by Crippen LogP contribution is 2.28. The fourth-order valence-electron chi connectivity index (χ4n) is 3.58. The van der Waals surface area contributed by atoms with Crippen LogP contribution in [0.2, 0.25) is 0 Å². The van der Waals surface area contributed by atoms with Gasteiger partial charge in [-0.2, -0.15) is 0 Å². The lowest BCUT2D eigenvalue weighted by Gasteiger charge is -2.14. The number of fused-ring (bicyclic) bond motifs is 1. The second kappa shape index (κ2) is 8.85. The number of aryl methyl sites for hydroxylation is 2. The third-order valence-corrected chi connectivity index (χ3v) is 5.98. The number of thioether (sulfide) groups is 1. The van der Waals surface area contributed by atoms with Crippen molar-refractivity contribution in [1.82, 2.24) is 14.8 Å².